The van der Waals surface area contributed by atoms with Crippen LogP contribution in [0.15, 0.2) is 35.3 Å². The summed E-state index contributed by atoms with van der Waals surface area (Å²) in [5, 5.41) is 2.55. The molecule has 0 bridgehead atoms. The fourth-order valence-electron chi connectivity index (χ4n) is 5.23. The summed E-state index contributed by atoms with van der Waals surface area (Å²) in [6, 6.07) is 3.11. The molecule has 0 saturated carbocycles. The Morgan fingerprint density at radius 1 is 1.12 bits per heavy atom. The second-order valence-corrected chi connectivity index (χ2v) is 11.1. The molecule has 2 N–H and O–H groups in total. The number of alkyl halides is 3. The van der Waals surface area contributed by atoms with Crippen LogP contribution in [0, 0.1) is 5.82 Å². The van der Waals surface area contributed by atoms with Gasteiger partial charge >= 0.3 is 12.3 Å². The number of ether oxygens (including phenoxy) is 1. The van der Waals surface area contributed by atoms with E-state index >= 15 is 4.39 Å². The van der Waals surface area contributed by atoms with Crippen LogP contribution >= 0.6 is 0 Å². The van der Waals surface area contributed by atoms with Gasteiger partial charge in [0.05, 0.1) is 28.6 Å². The molecule has 0 unspecified atom stereocenters. The van der Waals surface area contributed by atoms with Crippen LogP contribution in [0.5, 0.6) is 0 Å². The van der Waals surface area contributed by atoms with Crippen LogP contribution in [0.1, 0.15) is 55.6 Å². The van der Waals surface area contributed by atoms with Gasteiger partial charge in [-0.25, -0.2) is 9.18 Å². The number of carbonyl (C=O) groups is 2. The van der Waals surface area contributed by atoms with E-state index < -0.39 is 40.7 Å². The van der Waals surface area contributed by atoms with Gasteiger partial charge in [0.2, 0.25) is 5.56 Å². The standard InChI is InChI=1S/C29H35F4N5O4/c1-16(2)42-28(41)37-8-6-7-19(15-37)20-9-24(25(11-23(20)30)38-13-17(3)36(5)18(4)14-38)35-27(40)21-12-34-26(39)10-22(21)29(31,32)33/h7,9-12,16-18H,6,8,13-15H2,1-5H3,(H,34,39)(H,35,40)/t17-,18+. The van der Waals surface area contributed by atoms with E-state index in [0.717, 1.165) is 0 Å². The number of hydrogen-bond donors (Lipinski definition) is 2. The predicted molar refractivity (Wildman–Crippen MR) is 151 cm³/mol. The SMILES string of the molecule is CC(C)OC(=O)N1CCC=C(c2cc(NC(=O)c3c[nH]c(=O)cc3C(F)(F)F)c(N3C[C@@H](C)N(C)[C@@H](C)C3)cc2F)C1. The molecule has 2 aliphatic rings. The van der Waals surface area contributed by atoms with E-state index in [0.29, 0.717) is 49.6 Å². The third kappa shape index (κ3) is 6.77. The molecule has 0 spiro atoms. The molecule has 1 fully saturated rings. The maximum atomic E-state index is 15.8. The van der Waals surface area contributed by atoms with Gasteiger partial charge in [-0.05, 0) is 58.9 Å². The molecule has 13 heteroatoms. The minimum Gasteiger partial charge on any atom is -0.447 e. The highest BCUT2D eigenvalue weighted by Gasteiger charge is 2.36. The Morgan fingerprint density at radius 3 is 2.40 bits per heavy atom. The number of nitrogens with one attached hydrogen (secondary N) is 2. The van der Waals surface area contributed by atoms with Gasteiger partial charge in [-0.2, -0.15) is 13.2 Å². The van der Waals surface area contributed by atoms with Gasteiger partial charge in [-0.3, -0.25) is 14.5 Å². The van der Waals surface area contributed by atoms with Gasteiger partial charge in [0.15, 0.2) is 0 Å². The first-order chi connectivity index (χ1) is 19.6. The highest BCUT2D eigenvalue weighted by atomic mass is 19.4. The predicted octanol–water partition coefficient (Wildman–Crippen LogP) is 4.95. The first kappa shape index (κ1) is 31.1. The molecule has 3 heterocycles. The zero-order chi connectivity index (χ0) is 30.9. The zero-order valence-electron chi connectivity index (χ0n) is 24.1. The van der Waals surface area contributed by atoms with Crippen molar-refractivity contribution in [3.05, 3.63) is 63.3 Å². The Kier molecular flexibility index (Phi) is 9.00. The summed E-state index contributed by atoms with van der Waals surface area (Å²) in [7, 11) is 1.97. The van der Waals surface area contributed by atoms with Crippen molar-refractivity contribution in [3.8, 4) is 0 Å². The molecule has 0 radical (unpaired) electrons. The lowest BCUT2D eigenvalue weighted by Gasteiger charge is -2.44. The number of benzene rings is 1. The molecule has 1 aromatic heterocycles. The van der Waals surface area contributed by atoms with E-state index in [1.165, 1.54) is 17.0 Å². The quantitative estimate of drug-likeness (QED) is 0.477. The molecule has 0 aliphatic carbocycles. The number of rotatable bonds is 5. The van der Waals surface area contributed by atoms with Crippen LogP contribution in [-0.2, 0) is 10.9 Å². The van der Waals surface area contributed by atoms with Crippen molar-refractivity contribution in [2.75, 3.05) is 43.4 Å². The van der Waals surface area contributed by atoms with E-state index in [4.69, 9.17) is 4.74 Å². The van der Waals surface area contributed by atoms with Crippen molar-refractivity contribution in [2.24, 2.45) is 0 Å². The average Bonchev–Trinajstić information content (AvgIpc) is 2.91. The number of nitrogens with zero attached hydrogens (tertiary/aromatic N) is 3. The average molecular weight is 594 g/mol. The van der Waals surface area contributed by atoms with Crippen LogP contribution in [0.3, 0.4) is 0 Å². The zero-order valence-corrected chi connectivity index (χ0v) is 24.1. The first-order valence-corrected chi connectivity index (χ1v) is 13.7. The Balaban J connectivity index is 1.76. The molecule has 1 aromatic carbocycles. The highest BCUT2D eigenvalue weighted by molar-refractivity contribution is 6.07. The van der Waals surface area contributed by atoms with Gasteiger partial charge in [-0.1, -0.05) is 6.08 Å². The summed E-state index contributed by atoms with van der Waals surface area (Å²) in [5.74, 6) is -1.72. The molecule has 228 valence electrons. The lowest BCUT2D eigenvalue weighted by atomic mass is 9.98. The van der Waals surface area contributed by atoms with Crippen LogP contribution in [0.2, 0.25) is 0 Å². The largest absolute Gasteiger partial charge is 0.447 e. The molecular formula is C29H35F4N5O4. The number of aromatic nitrogens is 1. The van der Waals surface area contributed by atoms with Gasteiger partial charge in [-0.15, -0.1) is 0 Å². The van der Waals surface area contributed by atoms with E-state index in [2.05, 4.69) is 15.2 Å². The second-order valence-electron chi connectivity index (χ2n) is 11.1. The number of pyridine rings is 1. The number of hydrogen-bond acceptors (Lipinski definition) is 6. The van der Waals surface area contributed by atoms with Gasteiger partial charge in [0.25, 0.3) is 5.91 Å². The Labute approximate surface area is 241 Å². The second kappa shape index (κ2) is 12.2. The fraction of sp³-hybridized carbons (Fsp3) is 0.483. The molecule has 1 saturated heterocycles. The molecule has 4 rings (SSSR count). The van der Waals surface area contributed by atoms with Crippen molar-refractivity contribution in [1.29, 1.82) is 0 Å². The third-order valence-corrected chi connectivity index (χ3v) is 7.60. The number of halogens is 4. The van der Waals surface area contributed by atoms with Crippen LogP contribution in [0.25, 0.3) is 5.57 Å². The smallest absolute Gasteiger partial charge is 0.417 e. The summed E-state index contributed by atoms with van der Waals surface area (Å²) < 4.78 is 62.2. The normalized spacial score (nSPS) is 20.0. The summed E-state index contributed by atoms with van der Waals surface area (Å²) >= 11 is 0. The topological polar surface area (TPSA) is 98.0 Å². The van der Waals surface area contributed by atoms with Crippen molar-refractivity contribution in [3.63, 3.8) is 0 Å². The Bertz CT molecular complexity index is 1430. The lowest BCUT2D eigenvalue weighted by molar-refractivity contribution is -0.138. The van der Waals surface area contributed by atoms with Crippen molar-refractivity contribution < 1.29 is 31.9 Å². The molecule has 42 heavy (non-hydrogen) atoms. The number of likely N-dealkylation sites (N-methyl/N-ethyl adjacent to an activating group) is 1. The minimum absolute atomic E-state index is 0.0515. The Morgan fingerprint density at radius 2 is 1.79 bits per heavy atom. The van der Waals surface area contributed by atoms with Gasteiger partial charge < -0.3 is 24.8 Å². The summed E-state index contributed by atoms with van der Waals surface area (Å²) in [6.45, 7) is 8.83. The summed E-state index contributed by atoms with van der Waals surface area (Å²) in [5.41, 5.74) is -2.19. The lowest BCUT2D eigenvalue weighted by Crippen LogP contribution is -2.55. The van der Waals surface area contributed by atoms with E-state index in [1.807, 2.05) is 25.8 Å². The Hall–Kier alpha value is -3.87. The van der Waals surface area contributed by atoms with Crippen molar-refractivity contribution in [1.82, 2.24) is 14.8 Å². The minimum atomic E-state index is -4.96. The number of aromatic amines is 1. The molecule has 2 aliphatic heterocycles. The summed E-state index contributed by atoms with van der Waals surface area (Å²) in [6.07, 6.45) is -2.91. The van der Waals surface area contributed by atoms with Gasteiger partial charge in [0.1, 0.15) is 5.82 Å². The molecule has 2 atom stereocenters. The molecule has 2 aromatic rings. The molecule has 9 nitrogen and oxygen atoms in total. The maximum Gasteiger partial charge on any atom is 0.417 e. The fourth-order valence-corrected chi connectivity index (χ4v) is 5.23. The van der Waals surface area contributed by atoms with Gasteiger partial charge in [0, 0.05) is 56.1 Å². The van der Waals surface area contributed by atoms with Crippen LogP contribution in [-0.4, -0.2) is 78.2 Å². The monoisotopic (exact) mass is 593 g/mol. The van der Waals surface area contributed by atoms with E-state index in [1.54, 1.807) is 19.9 Å². The molecule has 2 amide bonds. The number of amides is 2. The number of carbonyl (C=O) groups excluding carboxylic acids is 2. The van der Waals surface area contributed by atoms with Crippen molar-refractivity contribution >= 4 is 28.9 Å². The van der Waals surface area contributed by atoms with Crippen LogP contribution in [0.4, 0.5) is 33.7 Å². The van der Waals surface area contributed by atoms with Crippen molar-refractivity contribution in [2.45, 2.75) is 58.5 Å². The number of anilines is 2. The van der Waals surface area contributed by atoms with E-state index in [9.17, 15) is 27.6 Å². The first-order valence-electron chi connectivity index (χ1n) is 13.7. The third-order valence-electron chi connectivity index (χ3n) is 7.60. The van der Waals surface area contributed by atoms with E-state index in [-0.39, 0.29) is 36.0 Å². The number of piperazine rings is 1. The highest BCUT2D eigenvalue weighted by Crippen LogP contribution is 2.37. The number of H-pyrrole nitrogens is 1. The summed E-state index contributed by atoms with van der Waals surface area (Å²) in [4.78, 5) is 45.1. The maximum absolute atomic E-state index is 15.8. The van der Waals surface area contributed by atoms with Crippen LogP contribution < -0.4 is 15.8 Å². The molecular weight excluding hydrogens is 558 g/mol.